The third-order valence-corrected chi connectivity index (χ3v) is 5.73. The van der Waals surface area contributed by atoms with Gasteiger partial charge in [-0.15, -0.1) is 11.3 Å². The topological polar surface area (TPSA) is 70.5 Å². The normalized spacial score (nSPS) is 20.0. The molecule has 1 aromatic carbocycles. The van der Waals surface area contributed by atoms with Crippen LogP contribution in [-0.2, 0) is 11.2 Å². The number of aliphatic carboxylic acids is 1. The van der Waals surface area contributed by atoms with Crippen LogP contribution in [0.3, 0.4) is 0 Å². The zero-order valence-electron chi connectivity index (χ0n) is 14.1. The van der Waals surface area contributed by atoms with Crippen LogP contribution in [0.2, 0.25) is 0 Å². The van der Waals surface area contributed by atoms with E-state index in [1.54, 1.807) is 30.9 Å². The highest BCUT2D eigenvalue weighted by atomic mass is 32.1. The van der Waals surface area contributed by atoms with E-state index in [0.29, 0.717) is 30.0 Å². The van der Waals surface area contributed by atoms with Gasteiger partial charge < -0.3 is 10.0 Å². The predicted octanol–water partition coefficient (Wildman–Crippen LogP) is 3.12. The number of hydrogen-bond donors (Lipinski definition) is 1. The molecule has 0 unspecified atom stereocenters. The van der Waals surface area contributed by atoms with Crippen LogP contribution < -0.4 is 0 Å². The molecule has 5 nitrogen and oxygen atoms in total. The van der Waals surface area contributed by atoms with Crippen molar-refractivity contribution >= 4 is 23.2 Å². The van der Waals surface area contributed by atoms with Gasteiger partial charge in [0.15, 0.2) is 0 Å². The van der Waals surface area contributed by atoms with Gasteiger partial charge in [-0.1, -0.05) is 12.1 Å². The van der Waals surface area contributed by atoms with E-state index in [1.165, 1.54) is 23.5 Å². The smallest absolute Gasteiger partial charge is 0.311 e. The molecule has 2 heterocycles. The van der Waals surface area contributed by atoms with Gasteiger partial charge in [-0.05, 0) is 38.0 Å². The van der Waals surface area contributed by atoms with Crippen LogP contribution in [0.1, 0.15) is 39.3 Å². The minimum Gasteiger partial charge on any atom is -0.481 e. The first-order chi connectivity index (χ1) is 11.8. The van der Waals surface area contributed by atoms with Crippen molar-refractivity contribution < 1.29 is 19.1 Å². The number of carboxylic acids is 1. The van der Waals surface area contributed by atoms with E-state index in [1.807, 2.05) is 0 Å². The van der Waals surface area contributed by atoms with Crippen LogP contribution in [0.25, 0.3) is 0 Å². The molecule has 1 aliphatic rings. The fourth-order valence-corrected chi connectivity index (χ4v) is 4.02. The fourth-order valence-electron chi connectivity index (χ4n) is 2.96. The van der Waals surface area contributed by atoms with Gasteiger partial charge in [-0.2, -0.15) is 0 Å². The first kappa shape index (κ1) is 17.5. The van der Waals surface area contributed by atoms with Crippen LogP contribution in [0.4, 0.5) is 4.39 Å². The maximum atomic E-state index is 13.0. The number of thiazole rings is 1. The number of nitrogens with zero attached hydrogens (tertiary/aromatic N) is 2. The number of carboxylic acid groups (broad SMARTS) is 1. The van der Waals surface area contributed by atoms with Crippen molar-refractivity contribution in [1.82, 2.24) is 9.88 Å². The molecule has 0 radical (unpaired) electrons. The summed E-state index contributed by atoms with van der Waals surface area (Å²) in [5.41, 5.74) is 0.690. The third-order valence-electron chi connectivity index (χ3n) is 4.58. The molecule has 2 aromatic rings. The Balaban J connectivity index is 1.75. The molecular weight excluding hydrogens is 343 g/mol. The summed E-state index contributed by atoms with van der Waals surface area (Å²) in [6.45, 7) is 4.10. The van der Waals surface area contributed by atoms with Gasteiger partial charge in [-0.25, -0.2) is 9.37 Å². The predicted molar refractivity (Wildman–Crippen MR) is 92.3 cm³/mol. The number of benzene rings is 1. The number of hydrogen-bond acceptors (Lipinski definition) is 4. The summed E-state index contributed by atoms with van der Waals surface area (Å²) in [5.74, 6) is -1.32. The second-order valence-corrected chi connectivity index (χ2v) is 7.75. The summed E-state index contributed by atoms with van der Waals surface area (Å²) in [4.78, 5) is 30.7. The molecule has 1 aromatic heterocycles. The summed E-state index contributed by atoms with van der Waals surface area (Å²) >= 11 is 1.32. The number of halogens is 1. The van der Waals surface area contributed by atoms with Crippen LogP contribution in [-0.4, -0.2) is 40.0 Å². The number of rotatable bonds is 4. The average molecular weight is 362 g/mol. The van der Waals surface area contributed by atoms with Crippen molar-refractivity contribution in [1.29, 1.82) is 0 Å². The number of amides is 1. The summed E-state index contributed by atoms with van der Waals surface area (Å²) in [6.07, 6.45) is 0.986. The molecule has 0 aliphatic carbocycles. The molecule has 0 spiro atoms. The summed E-state index contributed by atoms with van der Waals surface area (Å²) < 4.78 is 13.0. The number of likely N-dealkylation sites (tertiary alicyclic amines) is 1. The Morgan fingerprint density at radius 2 is 2.04 bits per heavy atom. The lowest BCUT2D eigenvalue weighted by Gasteiger charge is -2.19. The standard InChI is InChI=1S/C18H19FN2O3S/c1-11-15(16(22)21-8-7-18(2,10-21)17(23)24)25-14(20-11)9-12-3-5-13(19)6-4-12/h3-6H,7-10H2,1-2H3,(H,23,24)/t18-/m1/s1. The summed E-state index contributed by atoms with van der Waals surface area (Å²) in [5, 5.41) is 10.1. The van der Waals surface area contributed by atoms with Gasteiger partial charge in [0, 0.05) is 19.5 Å². The van der Waals surface area contributed by atoms with Gasteiger partial charge in [-0.3, -0.25) is 9.59 Å². The lowest BCUT2D eigenvalue weighted by Crippen LogP contribution is -2.34. The quantitative estimate of drug-likeness (QED) is 0.907. The Morgan fingerprint density at radius 3 is 2.64 bits per heavy atom. The van der Waals surface area contributed by atoms with Gasteiger partial charge >= 0.3 is 5.97 Å². The maximum Gasteiger partial charge on any atom is 0.311 e. The lowest BCUT2D eigenvalue weighted by molar-refractivity contribution is -0.147. The molecule has 7 heteroatoms. The molecule has 0 bridgehead atoms. The largest absolute Gasteiger partial charge is 0.481 e. The molecule has 1 saturated heterocycles. The number of aromatic nitrogens is 1. The first-order valence-corrected chi connectivity index (χ1v) is 8.83. The zero-order valence-corrected chi connectivity index (χ0v) is 14.9. The molecule has 1 N–H and O–H groups in total. The van der Waals surface area contributed by atoms with E-state index in [0.717, 1.165) is 10.6 Å². The van der Waals surface area contributed by atoms with Gasteiger partial charge in [0.2, 0.25) is 0 Å². The van der Waals surface area contributed by atoms with Crippen LogP contribution >= 0.6 is 11.3 Å². The van der Waals surface area contributed by atoms with Crippen molar-refractivity contribution in [2.45, 2.75) is 26.7 Å². The second kappa shape index (κ2) is 6.55. The third kappa shape index (κ3) is 3.56. The number of aryl methyl sites for hydroxylation is 1. The van der Waals surface area contributed by atoms with Gasteiger partial charge in [0.1, 0.15) is 10.7 Å². The Morgan fingerprint density at radius 1 is 1.36 bits per heavy atom. The molecule has 3 rings (SSSR count). The van der Waals surface area contributed by atoms with E-state index in [2.05, 4.69) is 4.98 Å². The average Bonchev–Trinajstić information content (AvgIpc) is 3.13. The highest BCUT2D eigenvalue weighted by Gasteiger charge is 2.42. The SMILES string of the molecule is Cc1nc(Cc2ccc(F)cc2)sc1C(=O)N1CC[C@@](C)(C(=O)O)C1. The van der Waals surface area contributed by atoms with Gasteiger partial charge in [0.05, 0.1) is 16.1 Å². The van der Waals surface area contributed by atoms with Crippen molar-refractivity contribution in [3.8, 4) is 0 Å². The molecule has 1 aliphatic heterocycles. The number of carbonyl (C=O) groups excluding carboxylic acids is 1. The Bertz CT molecular complexity index is 818. The second-order valence-electron chi connectivity index (χ2n) is 6.67. The lowest BCUT2D eigenvalue weighted by atomic mass is 9.90. The number of carbonyl (C=O) groups is 2. The van der Waals surface area contributed by atoms with Gasteiger partial charge in [0.25, 0.3) is 5.91 Å². The summed E-state index contributed by atoms with van der Waals surface area (Å²) in [6, 6.07) is 6.20. The van der Waals surface area contributed by atoms with Crippen LogP contribution in [0, 0.1) is 18.2 Å². The zero-order chi connectivity index (χ0) is 18.2. The molecule has 1 atom stereocenters. The van der Waals surface area contributed by atoms with Crippen LogP contribution in [0.15, 0.2) is 24.3 Å². The van der Waals surface area contributed by atoms with E-state index in [9.17, 15) is 19.1 Å². The molecule has 1 fully saturated rings. The Labute approximate surface area is 149 Å². The molecule has 1 amide bonds. The Hall–Kier alpha value is -2.28. The van der Waals surface area contributed by atoms with Crippen molar-refractivity contribution in [2.24, 2.45) is 5.41 Å². The summed E-state index contributed by atoms with van der Waals surface area (Å²) in [7, 11) is 0. The minimum atomic E-state index is -0.884. The maximum absolute atomic E-state index is 13.0. The van der Waals surface area contributed by atoms with Crippen molar-refractivity contribution in [3.05, 3.63) is 51.2 Å². The van der Waals surface area contributed by atoms with Crippen molar-refractivity contribution in [2.75, 3.05) is 13.1 Å². The molecular formula is C18H19FN2O3S. The monoisotopic (exact) mass is 362 g/mol. The van der Waals surface area contributed by atoms with Crippen molar-refractivity contribution in [3.63, 3.8) is 0 Å². The fraction of sp³-hybridized carbons (Fsp3) is 0.389. The highest BCUT2D eigenvalue weighted by Crippen LogP contribution is 2.32. The van der Waals surface area contributed by atoms with E-state index < -0.39 is 11.4 Å². The van der Waals surface area contributed by atoms with E-state index in [-0.39, 0.29) is 18.3 Å². The molecule has 0 saturated carbocycles. The van der Waals surface area contributed by atoms with Crippen LogP contribution in [0.5, 0.6) is 0 Å². The molecule has 132 valence electrons. The molecule has 25 heavy (non-hydrogen) atoms. The van der Waals surface area contributed by atoms with E-state index >= 15 is 0 Å². The Kier molecular flexibility index (Phi) is 4.60. The first-order valence-electron chi connectivity index (χ1n) is 8.02. The minimum absolute atomic E-state index is 0.162. The van der Waals surface area contributed by atoms with E-state index in [4.69, 9.17) is 0 Å². The highest BCUT2D eigenvalue weighted by molar-refractivity contribution is 7.13.